The van der Waals surface area contributed by atoms with E-state index < -0.39 is 10.0 Å². The SMILES string of the molecule is NS(=O)(=O)c1cnc(N2CCCC2c2cccs2)s1. The van der Waals surface area contributed by atoms with E-state index in [0.717, 1.165) is 35.9 Å². The van der Waals surface area contributed by atoms with Crippen LogP contribution in [0.5, 0.6) is 0 Å². The second kappa shape index (κ2) is 4.86. The van der Waals surface area contributed by atoms with Gasteiger partial charge in [0.2, 0.25) is 10.0 Å². The summed E-state index contributed by atoms with van der Waals surface area (Å²) in [5, 5.41) is 7.92. The Morgan fingerprint density at radius 3 is 2.95 bits per heavy atom. The Labute approximate surface area is 119 Å². The van der Waals surface area contributed by atoms with E-state index in [1.54, 1.807) is 11.3 Å². The molecule has 1 atom stereocenters. The van der Waals surface area contributed by atoms with E-state index >= 15 is 0 Å². The molecule has 0 aliphatic carbocycles. The summed E-state index contributed by atoms with van der Waals surface area (Å²) in [6.45, 7) is 0.903. The number of primary sulfonamides is 1. The second-order valence-electron chi connectivity index (χ2n) is 4.37. The summed E-state index contributed by atoms with van der Waals surface area (Å²) >= 11 is 2.87. The highest BCUT2D eigenvalue weighted by Crippen LogP contribution is 2.39. The van der Waals surface area contributed by atoms with Crippen LogP contribution in [0.3, 0.4) is 0 Å². The highest BCUT2D eigenvalue weighted by molar-refractivity contribution is 7.91. The minimum atomic E-state index is -3.65. The van der Waals surface area contributed by atoms with Crippen molar-refractivity contribution in [1.82, 2.24) is 4.98 Å². The zero-order valence-corrected chi connectivity index (χ0v) is 12.5. The first kappa shape index (κ1) is 13.0. The van der Waals surface area contributed by atoms with Gasteiger partial charge in [0, 0.05) is 11.4 Å². The van der Waals surface area contributed by atoms with E-state index in [2.05, 4.69) is 21.3 Å². The van der Waals surface area contributed by atoms with Gasteiger partial charge in [-0.2, -0.15) is 0 Å². The molecule has 0 spiro atoms. The van der Waals surface area contributed by atoms with Gasteiger partial charge in [0.15, 0.2) is 9.34 Å². The molecule has 19 heavy (non-hydrogen) atoms. The number of thiophene rings is 1. The third kappa shape index (κ3) is 2.53. The highest BCUT2D eigenvalue weighted by atomic mass is 32.2. The van der Waals surface area contributed by atoms with E-state index in [0.29, 0.717) is 6.04 Å². The van der Waals surface area contributed by atoms with Crippen molar-refractivity contribution in [1.29, 1.82) is 0 Å². The Bertz CT molecular complexity index is 663. The Morgan fingerprint density at radius 1 is 1.47 bits per heavy atom. The largest absolute Gasteiger partial charge is 0.340 e. The van der Waals surface area contributed by atoms with Crippen molar-refractivity contribution < 1.29 is 8.42 Å². The number of thiazole rings is 1. The van der Waals surface area contributed by atoms with Gasteiger partial charge in [-0.15, -0.1) is 11.3 Å². The molecule has 2 aromatic rings. The van der Waals surface area contributed by atoms with E-state index in [4.69, 9.17) is 5.14 Å². The normalized spacial score (nSPS) is 20.1. The molecule has 1 aliphatic heterocycles. The van der Waals surface area contributed by atoms with Crippen molar-refractivity contribution in [2.75, 3.05) is 11.4 Å². The molecule has 1 unspecified atom stereocenters. The molecule has 5 nitrogen and oxygen atoms in total. The van der Waals surface area contributed by atoms with Crippen molar-refractivity contribution in [2.24, 2.45) is 5.14 Å². The van der Waals surface area contributed by atoms with E-state index in [9.17, 15) is 8.42 Å². The van der Waals surface area contributed by atoms with E-state index in [-0.39, 0.29) is 4.21 Å². The highest BCUT2D eigenvalue weighted by Gasteiger charge is 2.29. The first-order valence-electron chi connectivity index (χ1n) is 5.84. The summed E-state index contributed by atoms with van der Waals surface area (Å²) in [5.74, 6) is 0. The maximum absolute atomic E-state index is 11.3. The van der Waals surface area contributed by atoms with Gasteiger partial charge < -0.3 is 4.90 Å². The summed E-state index contributed by atoms with van der Waals surface area (Å²) < 4.78 is 22.7. The lowest BCUT2D eigenvalue weighted by Gasteiger charge is -2.22. The zero-order valence-electron chi connectivity index (χ0n) is 10.0. The van der Waals surface area contributed by atoms with Gasteiger partial charge in [0.25, 0.3) is 0 Å². The minimum absolute atomic E-state index is 0.124. The standard InChI is InChI=1S/C11H13N3O2S3/c12-19(15,16)10-7-13-11(18-10)14-5-1-3-8(14)9-4-2-6-17-9/h2,4,6-8H,1,3,5H2,(H2,12,15,16). The van der Waals surface area contributed by atoms with Gasteiger partial charge in [0.05, 0.1) is 12.2 Å². The predicted molar refractivity (Wildman–Crippen MR) is 77.1 cm³/mol. The van der Waals surface area contributed by atoms with Crippen LogP contribution in [0.1, 0.15) is 23.8 Å². The lowest BCUT2D eigenvalue weighted by atomic mass is 10.2. The summed E-state index contributed by atoms with van der Waals surface area (Å²) in [7, 11) is -3.65. The van der Waals surface area contributed by atoms with Crippen LogP contribution in [0, 0.1) is 0 Å². The number of sulfonamides is 1. The molecular weight excluding hydrogens is 302 g/mol. The maximum atomic E-state index is 11.3. The smallest absolute Gasteiger partial charge is 0.249 e. The fourth-order valence-corrected chi connectivity index (χ4v) is 4.78. The second-order valence-corrected chi connectivity index (χ2v) is 8.15. The number of anilines is 1. The summed E-state index contributed by atoms with van der Waals surface area (Å²) in [4.78, 5) is 7.68. The van der Waals surface area contributed by atoms with Crippen LogP contribution in [0.4, 0.5) is 5.13 Å². The molecule has 3 heterocycles. The van der Waals surface area contributed by atoms with E-state index in [1.165, 1.54) is 11.1 Å². The van der Waals surface area contributed by atoms with Crippen molar-refractivity contribution >= 4 is 37.8 Å². The zero-order chi connectivity index (χ0) is 13.5. The van der Waals surface area contributed by atoms with Crippen molar-refractivity contribution in [3.8, 4) is 0 Å². The number of rotatable bonds is 3. The van der Waals surface area contributed by atoms with Gasteiger partial charge in [0.1, 0.15) is 0 Å². The molecule has 1 fully saturated rings. The fraction of sp³-hybridized carbons (Fsp3) is 0.364. The van der Waals surface area contributed by atoms with Gasteiger partial charge in [-0.05, 0) is 24.3 Å². The first-order chi connectivity index (χ1) is 9.05. The third-order valence-electron chi connectivity index (χ3n) is 3.12. The summed E-state index contributed by atoms with van der Waals surface area (Å²) in [6.07, 6.45) is 3.51. The van der Waals surface area contributed by atoms with Crippen LogP contribution in [-0.2, 0) is 10.0 Å². The van der Waals surface area contributed by atoms with Crippen LogP contribution in [-0.4, -0.2) is 19.9 Å². The molecule has 2 aromatic heterocycles. The number of hydrogen-bond acceptors (Lipinski definition) is 6. The molecule has 0 amide bonds. The molecule has 8 heteroatoms. The first-order valence-corrected chi connectivity index (χ1v) is 9.08. The molecule has 0 radical (unpaired) electrons. The Morgan fingerprint density at radius 2 is 2.32 bits per heavy atom. The van der Waals surface area contributed by atoms with Crippen LogP contribution in [0.2, 0.25) is 0 Å². The Hall–Kier alpha value is -0.960. The molecule has 1 aliphatic rings. The van der Waals surface area contributed by atoms with Crippen molar-refractivity contribution in [2.45, 2.75) is 23.1 Å². The van der Waals surface area contributed by atoms with Crippen LogP contribution in [0.15, 0.2) is 27.9 Å². The molecule has 102 valence electrons. The Kier molecular flexibility index (Phi) is 3.34. The van der Waals surface area contributed by atoms with Crippen molar-refractivity contribution in [3.63, 3.8) is 0 Å². The number of aromatic nitrogens is 1. The molecule has 0 aromatic carbocycles. The minimum Gasteiger partial charge on any atom is -0.340 e. The number of nitrogens with two attached hydrogens (primary N) is 1. The predicted octanol–water partition coefficient (Wildman–Crippen LogP) is 2.19. The van der Waals surface area contributed by atoms with Gasteiger partial charge in [-0.25, -0.2) is 18.5 Å². The monoisotopic (exact) mass is 315 g/mol. The van der Waals surface area contributed by atoms with Crippen LogP contribution in [0.25, 0.3) is 0 Å². The Balaban J connectivity index is 1.91. The average molecular weight is 315 g/mol. The average Bonchev–Trinajstić information content (AvgIpc) is 3.09. The molecule has 3 rings (SSSR count). The quantitative estimate of drug-likeness (QED) is 0.942. The molecule has 0 bridgehead atoms. The summed E-state index contributed by atoms with van der Waals surface area (Å²) in [6, 6.07) is 4.45. The van der Waals surface area contributed by atoms with Crippen LogP contribution < -0.4 is 10.0 Å². The molecule has 0 saturated carbocycles. The number of hydrogen-bond donors (Lipinski definition) is 1. The lowest BCUT2D eigenvalue weighted by molar-refractivity contribution is 0.599. The molecule has 2 N–H and O–H groups in total. The fourth-order valence-electron chi connectivity index (χ4n) is 2.29. The molecular formula is C11H13N3O2S3. The third-order valence-corrected chi connectivity index (χ3v) is 6.54. The van der Waals surface area contributed by atoms with Gasteiger partial charge in [-0.3, -0.25) is 0 Å². The number of nitrogens with zero attached hydrogens (tertiary/aromatic N) is 2. The van der Waals surface area contributed by atoms with E-state index in [1.807, 2.05) is 6.07 Å². The lowest BCUT2D eigenvalue weighted by Crippen LogP contribution is -2.21. The molecule has 1 saturated heterocycles. The van der Waals surface area contributed by atoms with Gasteiger partial charge >= 0.3 is 0 Å². The summed E-state index contributed by atoms with van der Waals surface area (Å²) in [5.41, 5.74) is 0. The van der Waals surface area contributed by atoms with Crippen molar-refractivity contribution in [3.05, 3.63) is 28.6 Å². The van der Waals surface area contributed by atoms with Gasteiger partial charge in [-0.1, -0.05) is 17.4 Å². The van der Waals surface area contributed by atoms with Crippen LogP contribution >= 0.6 is 22.7 Å². The topological polar surface area (TPSA) is 76.3 Å². The maximum Gasteiger partial charge on any atom is 0.249 e.